The molecular formula is C28H24ClNO7. The summed E-state index contributed by atoms with van der Waals surface area (Å²) < 4.78 is 10.2. The van der Waals surface area contributed by atoms with Crippen molar-refractivity contribution >= 4 is 40.7 Å². The van der Waals surface area contributed by atoms with Crippen LogP contribution in [0.5, 0.6) is 11.5 Å². The van der Waals surface area contributed by atoms with E-state index in [1.807, 2.05) is 0 Å². The third-order valence-corrected chi connectivity index (χ3v) is 6.26. The molecule has 1 fully saturated rings. The van der Waals surface area contributed by atoms with Gasteiger partial charge in [-0.15, -0.1) is 0 Å². The van der Waals surface area contributed by atoms with Gasteiger partial charge >= 0.3 is 5.97 Å². The fourth-order valence-electron chi connectivity index (χ4n) is 4.19. The molecule has 0 bridgehead atoms. The van der Waals surface area contributed by atoms with E-state index in [0.717, 1.165) is 0 Å². The number of nitrogens with zero attached hydrogens (tertiary/aromatic N) is 1. The Kier molecular flexibility index (Phi) is 7.50. The molecule has 0 saturated carbocycles. The van der Waals surface area contributed by atoms with E-state index in [1.54, 1.807) is 43.3 Å². The fourth-order valence-corrected chi connectivity index (χ4v) is 4.38. The number of hydrogen-bond acceptors (Lipinski definition) is 7. The van der Waals surface area contributed by atoms with Crippen LogP contribution in [0.3, 0.4) is 0 Å². The minimum absolute atomic E-state index is 0.00598. The number of benzene rings is 3. The van der Waals surface area contributed by atoms with Crippen LogP contribution >= 0.6 is 11.6 Å². The van der Waals surface area contributed by atoms with Crippen molar-refractivity contribution in [1.82, 2.24) is 0 Å². The number of ketones is 1. The summed E-state index contributed by atoms with van der Waals surface area (Å²) in [6.45, 7) is 1.99. The molecule has 1 aliphatic heterocycles. The number of phenolic OH excluding ortho intramolecular Hbond substituents is 1. The van der Waals surface area contributed by atoms with Gasteiger partial charge in [0, 0.05) is 11.3 Å². The molecule has 0 radical (unpaired) electrons. The third-order valence-electron chi connectivity index (χ3n) is 5.95. The van der Waals surface area contributed by atoms with Crippen LogP contribution in [0.2, 0.25) is 5.02 Å². The van der Waals surface area contributed by atoms with Crippen LogP contribution in [-0.4, -0.2) is 41.6 Å². The lowest BCUT2D eigenvalue weighted by atomic mass is 9.95. The number of amides is 1. The summed E-state index contributed by atoms with van der Waals surface area (Å²) in [5, 5.41) is 21.4. The molecule has 1 saturated heterocycles. The Morgan fingerprint density at radius 3 is 2.32 bits per heavy atom. The number of anilines is 1. The summed E-state index contributed by atoms with van der Waals surface area (Å²) in [7, 11) is 1.42. The number of hydrogen-bond donors (Lipinski definition) is 2. The highest BCUT2D eigenvalue weighted by atomic mass is 35.5. The topological polar surface area (TPSA) is 113 Å². The first-order valence-electron chi connectivity index (χ1n) is 11.4. The molecule has 0 aliphatic carbocycles. The predicted octanol–water partition coefficient (Wildman–Crippen LogP) is 4.79. The molecule has 1 unspecified atom stereocenters. The van der Waals surface area contributed by atoms with Crippen molar-refractivity contribution in [3.8, 4) is 11.5 Å². The monoisotopic (exact) mass is 521 g/mol. The number of carbonyl (C=O) groups is 3. The van der Waals surface area contributed by atoms with Gasteiger partial charge in [-0.05, 0) is 60.5 Å². The Hall–Kier alpha value is -4.30. The number of aliphatic hydroxyl groups is 1. The predicted molar refractivity (Wildman–Crippen MR) is 138 cm³/mol. The number of esters is 1. The molecule has 1 amide bonds. The minimum atomic E-state index is -0.988. The van der Waals surface area contributed by atoms with E-state index in [0.29, 0.717) is 27.6 Å². The number of aliphatic hydroxyl groups excluding tert-OH is 1. The summed E-state index contributed by atoms with van der Waals surface area (Å²) in [6.07, 6.45) is 0.0622. The lowest BCUT2D eigenvalue weighted by Gasteiger charge is -2.25. The van der Waals surface area contributed by atoms with Gasteiger partial charge in [0.1, 0.15) is 17.3 Å². The number of phenols is 1. The lowest BCUT2D eigenvalue weighted by molar-refractivity contribution is -0.142. The molecule has 37 heavy (non-hydrogen) atoms. The van der Waals surface area contributed by atoms with Crippen molar-refractivity contribution in [3.63, 3.8) is 0 Å². The standard InChI is InChI=1S/C28H24ClNO7/c1-3-37-23(32)14-16-4-9-19(10-5-16)30-25(17-6-11-20(31)12-7-17)24(27(34)28(30)35)26(33)18-8-13-21(29)22(15-18)36-2/h4-13,15,25,31,33H,3,14H2,1-2H3/b26-24-. The van der Waals surface area contributed by atoms with Crippen LogP contribution in [0.15, 0.2) is 72.3 Å². The zero-order valence-electron chi connectivity index (χ0n) is 20.1. The Bertz CT molecular complexity index is 1380. The van der Waals surface area contributed by atoms with Gasteiger partial charge in [-0.2, -0.15) is 0 Å². The highest BCUT2D eigenvalue weighted by molar-refractivity contribution is 6.51. The van der Waals surface area contributed by atoms with Crippen LogP contribution in [0, 0.1) is 0 Å². The second-order valence-corrected chi connectivity index (χ2v) is 8.67. The summed E-state index contributed by atoms with van der Waals surface area (Å²) in [5.41, 5.74) is 1.67. The second kappa shape index (κ2) is 10.8. The first-order valence-corrected chi connectivity index (χ1v) is 11.8. The van der Waals surface area contributed by atoms with E-state index in [2.05, 4.69) is 0 Å². The molecule has 3 aromatic rings. The summed E-state index contributed by atoms with van der Waals surface area (Å²) in [6, 6.07) is 16.1. The van der Waals surface area contributed by atoms with Crippen molar-refractivity contribution in [3.05, 3.63) is 94.0 Å². The van der Waals surface area contributed by atoms with Crippen LogP contribution in [-0.2, 0) is 25.5 Å². The van der Waals surface area contributed by atoms with Crippen LogP contribution < -0.4 is 9.64 Å². The maximum absolute atomic E-state index is 13.3. The van der Waals surface area contributed by atoms with Crippen LogP contribution in [0.25, 0.3) is 5.76 Å². The summed E-state index contributed by atoms with van der Waals surface area (Å²) in [5.74, 6) is -2.19. The Labute approximate surface area is 218 Å². The van der Waals surface area contributed by atoms with E-state index in [-0.39, 0.29) is 35.9 Å². The molecule has 190 valence electrons. The van der Waals surface area contributed by atoms with Gasteiger partial charge in [0.15, 0.2) is 0 Å². The zero-order valence-corrected chi connectivity index (χ0v) is 20.9. The molecule has 0 spiro atoms. The highest BCUT2D eigenvalue weighted by Crippen LogP contribution is 2.43. The van der Waals surface area contributed by atoms with Crippen LogP contribution in [0.4, 0.5) is 5.69 Å². The molecule has 4 rings (SSSR count). The quantitative estimate of drug-likeness (QED) is 0.199. The first kappa shape index (κ1) is 25.8. The lowest BCUT2D eigenvalue weighted by Crippen LogP contribution is -2.29. The number of rotatable bonds is 7. The van der Waals surface area contributed by atoms with E-state index >= 15 is 0 Å². The van der Waals surface area contributed by atoms with Crippen molar-refractivity contribution in [2.45, 2.75) is 19.4 Å². The molecule has 2 N–H and O–H groups in total. The van der Waals surface area contributed by atoms with Gasteiger partial charge in [0.05, 0.1) is 36.8 Å². The van der Waals surface area contributed by atoms with Crippen molar-refractivity contribution < 1.29 is 34.1 Å². The molecule has 3 aromatic carbocycles. The molecular weight excluding hydrogens is 498 g/mol. The van der Waals surface area contributed by atoms with Gasteiger partial charge in [0.2, 0.25) is 0 Å². The third kappa shape index (κ3) is 5.15. The average molecular weight is 522 g/mol. The molecule has 9 heteroatoms. The van der Waals surface area contributed by atoms with Gasteiger partial charge < -0.3 is 19.7 Å². The van der Waals surface area contributed by atoms with Gasteiger partial charge in [-0.1, -0.05) is 35.9 Å². The van der Waals surface area contributed by atoms with E-state index in [4.69, 9.17) is 21.1 Å². The highest BCUT2D eigenvalue weighted by Gasteiger charge is 2.47. The summed E-state index contributed by atoms with van der Waals surface area (Å²) >= 11 is 6.11. The molecule has 1 aliphatic rings. The average Bonchev–Trinajstić information content (AvgIpc) is 3.15. The first-order chi connectivity index (χ1) is 17.7. The largest absolute Gasteiger partial charge is 0.508 e. The second-order valence-electron chi connectivity index (χ2n) is 8.26. The van der Waals surface area contributed by atoms with Crippen molar-refractivity contribution in [1.29, 1.82) is 0 Å². The van der Waals surface area contributed by atoms with Gasteiger partial charge in [-0.25, -0.2) is 0 Å². The maximum atomic E-state index is 13.3. The van der Waals surface area contributed by atoms with Crippen molar-refractivity contribution in [2.24, 2.45) is 0 Å². The Morgan fingerprint density at radius 2 is 1.70 bits per heavy atom. The number of methoxy groups -OCH3 is 1. The fraction of sp³-hybridized carbons (Fsp3) is 0.179. The number of halogens is 1. The van der Waals surface area contributed by atoms with Crippen molar-refractivity contribution in [2.75, 3.05) is 18.6 Å². The minimum Gasteiger partial charge on any atom is -0.508 e. The number of carbonyl (C=O) groups excluding carboxylic acids is 3. The maximum Gasteiger partial charge on any atom is 0.310 e. The van der Waals surface area contributed by atoms with Gasteiger partial charge in [-0.3, -0.25) is 19.3 Å². The number of aromatic hydroxyl groups is 1. The zero-order chi connectivity index (χ0) is 26.7. The normalized spacial score (nSPS) is 16.6. The van der Waals surface area contributed by atoms with E-state index < -0.39 is 23.5 Å². The Balaban J connectivity index is 1.82. The number of ether oxygens (including phenoxy) is 2. The molecule has 8 nitrogen and oxygen atoms in total. The molecule has 1 heterocycles. The smallest absolute Gasteiger partial charge is 0.310 e. The molecule has 0 aromatic heterocycles. The van der Waals surface area contributed by atoms with E-state index in [9.17, 15) is 24.6 Å². The SMILES string of the molecule is CCOC(=O)Cc1ccc(N2C(=O)C(=O)/C(=C(\O)c3ccc(Cl)c(OC)c3)C2c2ccc(O)cc2)cc1. The van der Waals surface area contributed by atoms with E-state index in [1.165, 1.54) is 42.3 Å². The van der Waals surface area contributed by atoms with Gasteiger partial charge in [0.25, 0.3) is 11.7 Å². The number of Topliss-reactive ketones (excluding diaryl/α,β-unsaturated/α-hetero) is 1. The van der Waals surface area contributed by atoms with Crippen LogP contribution in [0.1, 0.15) is 29.7 Å². The Morgan fingerprint density at radius 1 is 1.03 bits per heavy atom. The summed E-state index contributed by atoms with van der Waals surface area (Å²) in [4.78, 5) is 39.7. The molecule has 1 atom stereocenters.